The third-order valence-corrected chi connectivity index (χ3v) is 4.83. The zero-order valence-electron chi connectivity index (χ0n) is 9.92. The number of nitrogens with one attached hydrogen (secondary N) is 1. The van der Waals surface area contributed by atoms with Crippen LogP contribution in [0.2, 0.25) is 0 Å². The molecule has 0 radical (unpaired) electrons. The van der Waals surface area contributed by atoms with Gasteiger partial charge in [-0.2, -0.15) is 0 Å². The lowest BCUT2D eigenvalue weighted by atomic mass is 10.0. The maximum Gasteiger partial charge on any atom is 0.241 e. The van der Waals surface area contributed by atoms with E-state index in [1.54, 1.807) is 13.8 Å². The van der Waals surface area contributed by atoms with Crippen molar-refractivity contribution >= 4 is 26.0 Å². The first-order valence-electron chi connectivity index (χ1n) is 5.17. The van der Waals surface area contributed by atoms with Crippen molar-refractivity contribution in [1.29, 1.82) is 0 Å². The Morgan fingerprint density at radius 3 is 2.47 bits per heavy atom. The maximum atomic E-state index is 13.3. The van der Waals surface area contributed by atoms with Gasteiger partial charge in [0.25, 0.3) is 0 Å². The smallest absolute Gasteiger partial charge is 0.207 e. The van der Waals surface area contributed by atoms with Crippen molar-refractivity contribution in [3.8, 4) is 0 Å². The van der Waals surface area contributed by atoms with E-state index in [4.69, 9.17) is 0 Å². The van der Waals surface area contributed by atoms with Crippen LogP contribution in [0.3, 0.4) is 0 Å². The largest absolute Gasteiger partial charge is 0.241 e. The van der Waals surface area contributed by atoms with E-state index >= 15 is 0 Å². The highest BCUT2D eigenvalue weighted by Crippen LogP contribution is 2.21. The van der Waals surface area contributed by atoms with E-state index in [0.29, 0.717) is 6.42 Å². The SMILES string of the molecule is CCC(C)(C)NS(=O)(=O)c1ccc(Br)c(F)c1. The Kier molecular flexibility index (Phi) is 4.33. The number of hydrogen-bond donors (Lipinski definition) is 1. The number of sulfonamides is 1. The summed E-state index contributed by atoms with van der Waals surface area (Å²) >= 11 is 2.98. The molecule has 1 rings (SSSR count). The van der Waals surface area contributed by atoms with Crippen LogP contribution in [0.15, 0.2) is 27.6 Å². The molecule has 0 saturated carbocycles. The predicted molar refractivity (Wildman–Crippen MR) is 68.8 cm³/mol. The van der Waals surface area contributed by atoms with Gasteiger partial charge >= 0.3 is 0 Å². The summed E-state index contributed by atoms with van der Waals surface area (Å²) in [6.45, 7) is 5.43. The Morgan fingerprint density at radius 1 is 1.41 bits per heavy atom. The third-order valence-electron chi connectivity index (χ3n) is 2.50. The topological polar surface area (TPSA) is 46.2 Å². The minimum Gasteiger partial charge on any atom is -0.207 e. The van der Waals surface area contributed by atoms with Crippen LogP contribution in [0, 0.1) is 5.82 Å². The third kappa shape index (κ3) is 3.76. The van der Waals surface area contributed by atoms with Crippen molar-refractivity contribution in [2.45, 2.75) is 37.6 Å². The number of benzene rings is 1. The lowest BCUT2D eigenvalue weighted by molar-refractivity contribution is 0.439. The molecule has 0 aliphatic rings. The molecule has 0 aliphatic heterocycles. The van der Waals surface area contributed by atoms with Crippen LogP contribution in [0.5, 0.6) is 0 Å². The molecule has 0 fully saturated rings. The summed E-state index contributed by atoms with van der Waals surface area (Å²) in [5.74, 6) is -0.595. The second-order valence-electron chi connectivity index (χ2n) is 4.42. The van der Waals surface area contributed by atoms with E-state index in [0.717, 1.165) is 6.07 Å². The summed E-state index contributed by atoms with van der Waals surface area (Å²) in [4.78, 5) is -0.0697. The Bertz CT molecular complexity index is 514. The predicted octanol–water partition coefficient (Wildman–Crippen LogP) is 3.06. The Balaban J connectivity index is 3.10. The van der Waals surface area contributed by atoms with E-state index in [1.807, 2.05) is 6.92 Å². The summed E-state index contributed by atoms with van der Waals surface area (Å²) in [7, 11) is -3.68. The number of halogens is 2. The quantitative estimate of drug-likeness (QED) is 0.925. The van der Waals surface area contributed by atoms with Gasteiger partial charge in [0, 0.05) is 5.54 Å². The second-order valence-corrected chi connectivity index (χ2v) is 6.96. The van der Waals surface area contributed by atoms with Crippen LogP contribution >= 0.6 is 15.9 Å². The fraction of sp³-hybridized carbons (Fsp3) is 0.455. The van der Waals surface area contributed by atoms with Crippen molar-refractivity contribution in [2.24, 2.45) is 0 Å². The monoisotopic (exact) mass is 323 g/mol. The molecule has 1 aromatic carbocycles. The molecular weight excluding hydrogens is 309 g/mol. The molecule has 0 heterocycles. The number of rotatable bonds is 4. The molecule has 0 aromatic heterocycles. The molecule has 1 N–H and O–H groups in total. The summed E-state index contributed by atoms with van der Waals surface area (Å²) in [6, 6.07) is 3.74. The van der Waals surface area contributed by atoms with Crippen LogP contribution in [-0.4, -0.2) is 14.0 Å². The first kappa shape index (κ1) is 14.6. The van der Waals surface area contributed by atoms with Crippen molar-refractivity contribution in [3.63, 3.8) is 0 Å². The van der Waals surface area contributed by atoms with Gasteiger partial charge < -0.3 is 0 Å². The molecule has 0 bridgehead atoms. The molecule has 6 heteroatoms. The summed E-state index contributed by atoms with van der Waals surface area (Å²) in [6.07, 6.45) is 0.644. The fourth-order valence-corrected chi connectivity index (χ4v) is 2.88. The normalized spacial score (nSPS) is 12.8. The summed E-state index contributed by atoms with van der Waals surface area (Å²) in [5, 5.41) is 0. The highest BCUT2D eigenvalue weighted by Gasteiger charge is 2.25. The van der Waals surface area contributed by atoms with E-state index in [1.165, 1.54) is 12.1 Å². The number of hydrogen-bond acceptors (Lipinski definition) is 2. The van der Waals surface area contributed by atoms with Gasteiger partial charge in [-0.15, -0.1) is 0 Å². The maximum absolute atomic E-state index is 13.3. The molecule has 0 saturated heterocycles. The van der Waals surface area contributed by atoms with E-state index < -0.39 is 21.4 Å². The van der Waals surface area contributed by atoms with Gasteiger partial charge in [-0.25, -0.2) is 17.5 Å². The highest BCUT2D eigenvalue weighted by atomic mass is 79.9. The Hall–Kier alpha value is -0.460. The summed E-state index contributed by atoms with van der Waals surface area (Å²) < 4.78 is 40.0. The molecule has 0 aliphatic carbocycles. The summed E-state index contributed by atoms with van der Waals surface area (Å²) in [5.41, 5.74) is -0.553. The zero-order valence-corrected chi connectivity index (χ0v) is 12.3. The van der Waals surface area contributed by atoms with E-state index in [-0.39, 0.29) is 9.37 Å². The van der Waals surface area contributed by atoms with E-state index in [2.05, 4.69) is 20.7 Å². The van der Waals surface area contributed by atoms with Crippen molar-refractivity contribution in [1.82, 2.24) is 4.72 Å². The average Bonchev–Trinajstić information content (AvgIpc) is 2.20. The molecule has 1 aromatic rings. The van der Waals surface area contributed by atoms with Crippen LogP contribution in [0.25, 0.3) is 0 Å². The van der Waals surface area contributed by atoms with Crippen molar-refractivity contribution in [2.75, 3.05) is 0 Å². The van der Waals surface area contributed by atoms with Gasteiger partial charge in [-0.3, -0.25) is 0 Å². The van der Waals surface area contributed by atoms with Crippen LogP contribution in [-0.2, 0) is 10.0 Å². The second kappa shape index (κ2) is 5.04. The molecular formula is C11H15BrFNO2S. The molecule has 3 nitrogen and oxygen atoms in total. The van der Waals surface area contributed by atoms with Gasteiger partial charge in [0.05, 0.1) is 9.37 Å². The minimum absolute atomic E-state index is 0.0697. The fourth-order valence-electron chi connectivity index (χ4n) is 1.14. The molecule has 0 unspecified atom stereocenters. The van der Waals surface area contributed by atoms with E-state index in [9.17, 15) is 12.8 Å². The minimum atomic E-state index is -3.68. The van der Waals surface area contributed by atoms with Crippen LogP contribution in [0.4, 0.5) is 4.39 Å². The Labute approximate surface area is 110 Å². The molecule has 0 atom stereocenters. The lowest BCUT2D eigenvalue weighted by Crippen LogP contribution is -2.42. The van der Waals surface area contributed by atoms with Crippen molar-refractivity contribution in [3.05, 3.63) is 28.5 Å². The first-order chi connectivity index (χ1) is 7.68. The van der Waals surface area contributed by atoms with Gasteiger partial charge in [-0.1, -0.05) is 6.92 Å². The molecule has 0 amide bonds. The standard InChI is InChI=1S/C11H15BrFNO2S/c1-4-11(2,3)14-17(15,16)8-5-6-9(12)10(13)7-8/h5-7,14H,4H2,1-3H3. The molecule has 17 heavy (non-hydrogen) atoms. The Morgan fingerprint density at radius 2 is 2.00 bits per heavy atom. The van der Waals surface area contributed by atoms with Gasteiger partial charge in [0.1, 0.15) is 5.82 Å². The lowest BCUT2D eigenvalue weighted by Gasteiger charge is -2.24. The average molecular weight is 324 g/mol. The van der Waals surface area contributed by atoms with Crippen LogP contribution < -0.4 is 4.72 Å². The van der Waals surface area contributed by atoms with Crippen LogP contribution in [0.1, 0.15) is 27.2 Å². The van der Waals surface area contributed by atoms with Gasteiger partial charge in [-0.05, 0) is 54.4 Å². The molecule has 96 valence electrons. The van der Waals surface area contributed by atoms with Crippen molar-refractivity contribution < 1.29 is 12.8 Å². The van der Waals surface area contributed by atoms with Gasteiger partial charge in [0.15, 0.2) is 0 Å². The molecule has 0 spiro atoms. The van der Waals surface area contributed by atoms with Gasteiger partial charge in [0.2, 0.25) is 10.0 Å². The first-order valence-corrected chi connectivity index (χ1v) is 7.44. The zero-order chi connectivity index (χ0) is 13.3. The highest BCUT2D eigenvalue weighted by molar-refractivity contribution is 9.10.